The van der Waals surface area contributed by atoms with Gasteiger partial charge in [-0.05, 0) is 61.4 Å². The number of nitrogens with zero attached hydrogens (tertiary/aromatic N) is 2. The van der Waals surface area contributed by atoms with E-state index >= 15 is 0 Å². The number of carbonyl (C=O) groups excluding carboxylic acids is 2. The van der Waals surface area contributed by atoms with E-state index in [0.717, 1.165) is 17.1 Å². The van der Waals surface area contributed by atoms with E-state index in [2.05, 4.69) is 5.32 Å². The van der Waals surface area contributed by atoms with Gasteiger partial charge in [-0.25, -0.2) is 8.42 Å². The molecule has 10 heteroatoms. The molecular formula is C29H34ClN3O5S. The summed E-state index contributed by atoms with van der Waals surface area (Å²) in [5.41, 5.74) is 0.962. The van der Waals surface area contributed by atoms with Crippen LogP contribution in [0.25, 0.3) is 0 Å². The summed E-state index contributed by atoms with van der Waals surface area (Å²) >= 11 is 6.38. The fourth-order valence-electron chi connectivity index (χ4n) is 3.93. The first-order valence-corrected chi connectivity index (χ1v) is 14.5. The van der Waals surface area contributed by atoms with Gasteiger partial charge in [-0.3, -0.25) is 13.9 Å². The third-order valence-electron chi connectivity index (χ3n) is 6.27. The monoisotopic (exact) mass is 571 g/mol. The van der Waals surface area contributed by atoms with Crippen LogP contribution in [0.2, 0.25) is 5.02 Å². The Morgan fingerprint density at radius 2 is 1.62 bits per heavy atom. The van der Waals surface area contributed by atoms with Crippen molar-refractivity contribution < 1.29 is 22.7 Å². The Bertz CT molecular complexity index is 1350. The van der Waals surface area contributed by atoms with Gasteiger partial charge in [0, 0.05) is 18.1 Å². The van der Waals surface area contributed by atoms with E-state index in [-0.39, 0.29) is 17.3 Å². The van der Waals surface area contributed by atoms with Crippen molar-refractivity contribution in [2.45, 2.75) is 44.2 Å². The second-order valence-corrected chi connectivity index (χ2v) is 11.2. The van der Waals surface area contributed by atoms with Crippen molar-refractivity contribution in [3.63, 3.8) is 0 Å². The van der Waals surface area contributed by atoms with E-state index in [4.69, 9.17) is 16.3 Å². The summed E-state index contributed by atoms with van der Waals surface area (Å²) in [6.45, 7) is 3.64. The Morgan fingerprint density at radius 1 is 0.974 bits per heavy atom. The highest BCUT2D eigenvalue weighted by Gasteiger charge is 2.32. The minimum Gasteiger partial charge on any atom is -0.497 e. The maximum Gasteiger partial charge on any atom is 0.264 e. The van der Waals surface area contributed by atoms with Gasteiger partial charge in [0.15, 0.2) is 0 Å². The molecule has 0 saturated heterocycles. The molecule has 0 aliphatic carbocycles. The van der Waals surface area contributed by atoms with Crippen LogP contribution in [-0.2, 0) is 26.2 Å². The average Bonchev–Trinajstić information content (AvgIpc) is 2.95. The molecule has 39 heavy (non-hydrogen) atoms. The molecule has 3 aromatic rings. The summed E-state index contributed by atoms with van der Waals surface area (Å²) in [6.07, 6.45) is 1.71. The van der Waals surface area contributed by atoms with Gasteiger partial charge in [-0.15, -0.1) is 0 Å². The van der Waals surface area contributed by atoms with E-state index in [9.17, 15) is 18.0 Å². The zero-order valence-corrected chi connectivity index (χ0v) is 23.9. The SMILES string of the molecule is CCCCNC(=O)[C@H](C)N(Cc1ccccc1Cl)C(=O)CN(c1ccccc1)S(=O)(=O)c1ccc(OC)cc1. The van der Waals surface area contributed by atoms with Crippen LogP contribution in [0.5, 0.6) is 5.75 Å². The number of nitrogens with one attached hydrogen (secondary N) is 1. The number of hydrogen-bond acceptors (Lipinski definition) is 5. The van der Waals surface area contributed by atoms with Gasteiger partial charge in [0.1, 0.15) is 18.3 Å². The molecule has 0 radical (unpaired) electrons. The van der Waals surface area contributed by atoms with Crippen LogP contribution in [0, 0.1) is 0 Å². The van der Waals surface area contributed by atoms with Crippen LogP contribution in [0.1, 0.15) is 32.3 Å². The topological polar surface area (TPSA) is 96.0 Å². The van der Waals surface area contributed by atoms with Gasteiger partial charge in [0.05, 0.1) is 17.7 Å². The third kappa shape index (κ3) is 7.74. The van der Waals surface area contributed by atoms with E-state index in [1.807, 2.05) is 6.92 Å². The highest BCUT2D eigenvalue weighted by molar-refractivity contribution is 7.92. The Labute approximate surface area is 235 Å². The van der Waals surface area contributed by atoms with E-state index in [1.165, 1.54) is 24.1 Å². The number of anilines is 1. The first kappa shape index (κ1) is 30.0. The smallest absolute Gasteiger partial charge is 0.264 e. The van der Waals surface area contributed by atoms with Crippen LogP contribution < -0.4 is 14.4 Å². The molecule has 0 fully saturated rings. The summed E-state index contributed by atoms with van der Waals surface area (Å²) < 4.78 is 33.8. The first-order chi connectivity index (χ1) is 18.7. The summed E-state index contributed by atoms with van der Waals surface area (Å²) in [6, 6.07) is 20.5. The molecule has 0 bridgehead atoms. The molecule has 0 heterocycles. The minimum atomic E-state index is -4.15. The average molecular weight is 572 g/mol. The fraction of sp³-hybridized carbons (Fsp3) is 0.310. The Balaban J connectivity index is 1.98. The molecule has 0 aliphatic rings. The number of amides is 2. The van der Waals surface area contributed by atoms with E-state index < -0.39 is 28.5 Å². The van der Waals surface area contributed by atoms with Gasteiger partial charge in [0.25, 0.3) is 10.0 Å². The van der Waals surface area contributed by atoms with Crippen molar-refractivity contribution >= 4 is 39.1 Å². The number of carbonyl (C=O) groups is 2. The fourth-order valence-corrected chi connectivity index (χ4v) is 5.54. The second-order valence-electron chi connectivity index (χ2n) is 8.96. The summed E-state index contributed by atoms with van der Waals surface area (Å²) in [4.78, 5) is 28.2. The number of hydrogen-bond donors (Lipinski definition) is 1. The van der Waals surface area contributed by atoms with Crippen molar-refractivity contribution in [3.8, 4) is 5.75 Å². The first-order valence-electron chi connectivity index (χ1n) is 12.7. The molecular weight excluding hydrogens is 538 g/mol. The third-order valence-corrected chi connectivity index (χ3v) is 8.42. The number of sulfonamides is 1. The number of rotatable bonds is 13. The molecule has 1 atom stereocenters. The molecule has 0 spiro atoms. The molecule has 208 valence electrons. The van der Waals surface area contributed by atoms with Crippen LogP contribution >= 0.6 is 11.6 Å². The highest BCUT2D eigenvalue weighted by Crippen LogP contribution is 2.26. The molecule has 3 aromatic carbocycles. The van der Waals surface area contributed by atoms with Crippen molar-refractivity contribution in [1.29, 1.82) is 0 Å². The molecule has 0 aromatic heterocycles. The molecule has 1 N–H and O–H groups in total. The second kappa shape index (κ2) is 14.0. The predicted molar refractivity (Wildman–Crippen MR) is 153 cm³/mol. The van der Waals surface area contributed by atoms with Crippen molar-refractivity contribution in [2.24, 2.45) is 0 Å². The van der Waals surface area contributed by atoms with Crippen molar-refractivity contribution in [3.05, 3.63) is 89.4 Å². The van der Waals surface area contributed by atoms with Crippen molar-refractivity contribution in [1.82, 2.24) is 10.2 Å². The van der Waals surface area contributed by atoms with Crippen LogP contribution in [0.3, 0.4) is 0 Å². The number of halogens is 1. The van der Waals surface area contributed by atoms with Gasteiger partial charge < -0.3 is 15.0 Å². The molecule has 0 saturated carbocycles. The van der Waals surface area contributed by atoms with Gasteiger partial charge in [-0.1, -0.05) is 61.3 Å². The predicted octanol–water partition coefficient (Wildman–Crippen LogP) is 4.88. The van der Waals surface area contributed by atoms with Gasteiger partial charge in [0.2, 0.25) is 11.8 Å². The molecule has 3 rings (SSSR count). The van der Waals surface area contributed by atoms with Crippen molar-refractivity contribution in [2.75, 3.05) is 24.5 Å². The van der Waals surface area contributed by atoms with Gasteiger partial charge >= 0.3 is 0 Å². The summed E-state index contributed by atoms with van der Waals surface area (Å²) in [5.74, 6) is -0.368. The van der Waals surface area contributed by atoms with Crippen LogP contribution in [0.4, 0.5) is 5.69 Å². The van der Waals surface area contributed by atoms with Crippen LogP contribution in [0.15, 0.2) is 83.8 Å². The quantitative estimate of drug-likeness (QED) is 0.295. The van der Waals surface area contributed by atoms with Crippen LogP contribution in [-0.4, -0.2) is 51.4 Å². The lowest BCUT2D eigenvalue weighted by atomic mass is 10.1. The zero-order chi connectivity index (χ0) is 28.4. The summed E-state index contributed by atoms with van der Waals surface area (Å²) in [5, 5.41) is 3.31. The normalized spacial score (nSPS) is 11.9. The molecule has 0 aliphatic heterocycles. The Hall–Kier alpha value is -3.56. The number of benzene rings is 3. The number of methoxy groups -OCH3 is 1. The minimum absolute atomic E-state index is 0.00274. The van der Waals surface area contributed by atoms with E-state index in [1.54, 1.807) is 73.7 Å². The number of para-hydroxylation sites is 1. The lowest BCUT2D eigenvalue weighted by Crippen LogP contribution is -2.51. The molecule has 0 unspecified atom stereocenters. The largest absolute Gasteiger partial charge is 0.497 e. The lowest BCUT2D eigenvalue weighted by molar-refractivity contribution is -0.139. The molecule has 8 nitrogen and oxygen atoms in total. The van der Waals surface area contributed by atoms with Gasteiger partial charge in [-0.2, -0.15) is 0 Å². The maximum absolute atomic E-state index is 13.9. The zero-order valence-electron chi connectivity index (χ0n) is 22.3. The highest BCUT2D eigenvalue weighted by atomic mass is 35.5. The lowest BCUT2D eigenvalue weighted by Gasteiger charge is -2.32. The Kier molecular flexibility index (Phi) is 10.8. The number of unbranched alkanes of at least 4 members (excludes halogenated alkanes) is 1. The maximum atomic E-state index is 13.9. The van der Waals surface area contributed by atoms with E-state index in [0.29, 0.717) is 28.6 Å². The number of ether oxygens (including phenoxy) is 1. The Morgan fingerprint density at radius 3 is 2.23 bits per heavy atom. The molecule has 2 amide bonds. The summed E-state index contributed by atoms with van der Waals surface area (Å²) in [7, 11) is -2.66. The standard InChI is InChI=1S/C29H34ClN3O5S/c1-4-5-19-31-29(35)22(2)32(20-23-11-9-10-14-27(23)30)28(34)21-33(24-12-7-6-8-13-24)39(36,37)26-17-15-25(38-3)16-18-26/h6-18,22H,4-5,19-21H2,1-3H3,(H,31,35)/t22-/m0/s1.